The van der Waals surface area contributed by atoms with Gasteiger partial charge >= 0.3 is 5.97 Å². The second kappa shape index (κ2) is 9.78. The number of hydrogen-bond acceptors (Lipinski definition) is 5. The van der Waals surface area contributed by atoms with Gasteiger partial charge in [-0.05, 0) is 54.2 Å². The van der Waals surface area contributed by atoms with Crippen molar-refractivity contribution in [2.45, 2.75) is 25.3 Å². The Labute approximate surface area is 170 Å². The Hall–Kier alpha value is -3.28. The smallest absolute Gasteiger partial charge is 0.331 e. The molecule has 2 aromatic carbocycles. The number of methoxy groups -OCH3 is 2. The van der Waals surface area contributed by atoms with Gasteiger partial charge in [0.2, 0.25) is 0 Å². The van der Waals surface area contributed by atoms with E-state index in [2.05, 4.69) is 11.4 Å². The zero-order valence-electron chi connectivity index (χ0n) is 16.6. The summed E-state index contributed by atoms with van der Waals surface area (Å²) in [4.78, 5) is 24.2. The number of hydrogen-bond donors (Lipinski definition) is 1. The van der Waals surface area contributed by atoms with E-state index in [-0.39, 0.29) is 18.6 Å². The van der Waals surface area contributed by atoms with Crippen LogP contribution in [0.15, 0.2) is 48.5 Å². The Morgan fingerprint density at radius 3 is 2.55 bits per heavy atom. The number of amides is 1. The fourth-order valence-corrected chi connectivity index (χ4v) is 3.41. The van der Waals surface area contributed by atoms with E-state index in [4.69, 9.17) is 14.2 Å². The number of carbonyl (C=O) groups excluding carboxylic acids is 2. The molecule has 1 aliphatic rings. The van der Waals surface area contributed by atoms with E-state index in [1.807, 2.05) is 18.2 Å². The van der Waals surface area contributed by atoms with Gasteiger partial charge in [0.15, 0.2) is 6.61 Å². The summed E-state index contributed by atoms with van der Waals surface area (Å²) in [7, 11) is 3.11. The standard InChI is InChI=1S/C23H25NO5/c1-27-18-12-16(13-19(14-18)28-2)10-11-23(26)29-15-22(25)24-21-9-5-7-17-6-3-4-8-20(17)21/h3-4,6,8,10-14,21H,5,7,9,15H2,1-2H3,(H,24,25)/b11-10+/t21-/m0/s1. The van der Waals surface area contributed by atoms with Crippen LogP contribution in [0.4, 0.5) is 0 Å². The number of fused-ring (bicyclic) bond motifs is 1. The fourth-order valence-electron chi connectivity index (χ4n) is 3.41. The molecule has 0 unspecified atom stereocenters. The van der Waals surface area contributed by atoms with Crippen LogP contribution >= 0.6 is 0 Å². The Morgan fingerprint density at radius 1 is 1.10 bits per heavy atom. The summed E-state index contributed by atoms with van der Waals surface area (Å²) in [6.07, 6.45) is 5.79. The van der Waals surface area contributed by atoms with E-state index in [0.717, 1.165) is 30.4 Å². The maximum atomic E-state index is 12.2. The molecule has 3 rings (SSSR count). The summed E-state index contributed by atoms with van der Waals surface area (Å²) in [5.41, 5.74) is 3.13. The lowest BCUT2D eigenvalue weighted by Gasteiger charge is -2.26. The van der Waals surface area contributed by atoms with Gasteiger partial charge in [-0.2, -0.15) is 0 Å². The number of benzene rings is 2. The van der Waals surface area contributed by atoms with E-state index in [1.54, 1.807) is 38.5 Å². The van der Waals surface area contributed by atoms with Crippen LogP contribution in [-0.4, -0.2) is 32.7 Å². The quantitative estimate of drug-likeness (QED) is 0.574. The van der Waals surface area contributed by atoms with Crippen LogP contribution < -0.4 is 14.8 Å². The van der Waals surface area contributed by atoms with E-state index in [1.165, 1.54) is 11.6 Å². The molecular formula is C23H25NO5. The van der Waals surface area contributed by atoms with Crippen molar-refractivity contribution in [3.05, 3.63) is 65.2 Å². The highest BCUT2D eigenvalue weighted by Gasteiger charge is 2.21. The lowest BCUT2D eigenvalue weighted by molar-refractivity contribution is -0.144. The molecule has 0 spiro atoms. The van der Waals surface area contributed by atoms with Gasteiger partial charge < -0.3 is 19.5 Å². The van der Waals surface area contributed by atoms with Crippen molar-refractivity contribution in [1.82, 2.24) is 5.32 Å². The molecule has 2 aromatic rings. The SMILES string of the molecule is COc1cc(/C=C/C(=O)OCC(=O)N[C@H]2CCCc3ccccc32)cc(OC)c1. The molecule has 0 radical (unpaired) electrons. The van der Waals surface area contributed by atoms with Crippen LogP contribution in [0.1, 0.15) is 35.6 Å². The molecule has 1 amide bonds. The first-order chi connectivity index (χ1) is 14.1. The topological polar surface area (TPSA) is 73.9 Å². The minimum atomic E-state index is -0.592. The van der Waals surface area contributed by atoms with E-state index >= 15 is 0 Å². The number of nitrogens with one attached hydrogen (secondary N) is 1. The molecule has 6 heteroatoms. The third kappa shape index (κ3) is 5.60. The van der Waals surface area contributed by atoms with Crippen molar-refractivity contribution in [2.24, 2.45) is 0 Å². The molecule has 6 nitrogen and oxygen atoms in total. The average Bonchev–Trinajstić information content (AvgIpc) is 2.76. The van der Waals surface area contributed by atoms with Gasteiger partial charge in [-0.1, -0.05) is 24.3 Å². The molecule has 0 saturated carbocycles. The van der Waals surface area contributed by atoms with E-state index in [9.17, 15) is 9.59 Å². The second-order valence-corrected chi connectivity index (χ2v) is 6.80. The summed E-state index contributed by atoms with van der Waals surface area (Å²) >= 11 is 0. The normalized spacial score (nSPS) is 15.4. The molecule has 0 heterocycles. The Kier molecular flexibility index (Phi) is 6.89. The molecule has 1 N–H and O–H groups in total. The van der Waals surface area contributed by atoms with Gasteiger partial charge in [-0.25, -0.2) is 4.79 Å². The number of esters is 1. The number of ether oxygens (including phenoxy) is 3. The summed E-state index contributed by atoms with van der Waals surface area (Å²) in [6, 6.07) is 13.3. The molecule has 1 atom stereocenters. The first-order valence-corrected chi connectivity index (χ1v) is 9.54. The molecule has 152 valence electrons. The minimum absolute atomic E-state index is 0.0362. The first-order valence-electron chi connectivity index (χ1n) is 9.54. The molecule has 29 heavy (non-hydrogen) atoms. The van der Waals surface area contributed by atoms with Crippen LogP contribution in [0.25, 0.3) is 6.08 Å². The fraction of sp³-hybridized carbons (Fsp3) is 0.304. The maximum absolute atomic E-state index is 12.2. The van der Waals surface area contributed by atoms with E-state index in [0.29, 0.717) is 11.5 Å². The number of rotatable bonds is 7. The molecule has 0 bridgehead atoms. The van der Waals surface area contributed by atoms with E-state index < -0.39 is 5.97 Å². The third-order valence-electron chi connectivity index (χ3n) is 4.84. The highest BCUT2D eigenvalue weighted by Crippen LogP contribution is 2.29. The van der Waals surface area contributed by atoms with Crippen molar-refractivity contribution in [3.8, 4) is 11.5 Å². The lowest BCUT2D eigenvalue weighted by atomic mass is 9.88. The maximum Gasteiger partial charge on any atom is 0.331 e. The highest BCUT2D eigenvalue weighted by atomic mass is 16.5. The minimum Gasteiger partial charge on any atom is -0.497 e. The molecular weight excluding hydrogens is 370 g/mol. The van der Waals surface area contributed by atoms with Gasteiger partial charge in [-0.15, -0.1) is 0 Å². The van der Waals surface area contributed by atoms with Crippen LogP contribution in [0.3, 0.4) is 0 Å². The van der Waals surface area contributed by atoms with Gasteiger partial charge in [-0.3, -0.25) is 4.79 Å². The van der Waals surface area contributed by atoms with Crippen LogP contribution in [0.2, 0.25) is 0 Å². The zero-order chi connectivity index (χ0) is 20.6. The first kappa shape index (κ1) is 20.5. The Balaban J connectivity index is 1.52. The third-order valence-corrected chi connectivity index (χ3v) is 4.84. The van der Waals surface area contributed by atoms with Crippen molar-refractivity contribution in [2.75, 3.05) is 20.8 Å². The van der Waals surface area contributed by atoms with Crippen LogP contribution in [-0.2, 0) is 20.7 Å². The summed E-state index contributed by atoms with van der Waals surface area (Å²) < 4.78 is 15.5. The number of aryl methyl sites for hydroxylation is 1. The lowest BCUT2D eigenvalue weighted by Crippen LogP contribution is -2.34. The van der Waals surface area contributed by atoms with Crippen molar-refractivity contribution in [3.63, 3.8) is 0 Å². The molecule has 1 aliphatic carbocycles. The van der Waals surface area contributed by atoms with Gasteiger partial charge in [0.05, 0.1) is 20.3 Å². The average molecular weight is 395 g/mol. The van der Waals surface area contributed by atoms with Gasteiger partial charge in [0, 0.05) is 12.1 Å². The predicted molar refractivity (Wildman–Crippen MR) is 110 cm³/mol. The van der Waals surface area contributed by atoms with Gasteiger partial charge in [0.1, 0.15) is 11.5 Å². The van der Waals surface area contributed by atoms with Crippen molar-refractivity contribution < 1.29 is 23.8 Å². The second-order valence-electron chi connectivity index (χ2n) is 6.80. The Bertz CT molecular complexity index is 884. The summed E-state index contributed by atoms with van der Waals surface area (Å²) in [5, 5.41) is 2.96. The molecule has 0 saturated heterocycles. The van der Waals surface area contributed by atoms with Crippen molar-refractivity contribution in [1.29, 1.82) is 0 Å². The summed E-state index contributed by atoms with van der Waals surface area (Å²) in [6.45, 7) is -0.316. The van der Waals surface area contributed by atoms with Crippen LogP contribution in [0, 0.1) is 0 Å². The van der Waals surface area contributed by atoms with Crippen LogP contribution in [0.5, 0.6) is 11.5 Å². The summed E-state index contributed by atoms with van der Waals surface area (Å²) in [5.74, 6) is 0.330. The monoisotopic (exact) mass is 395 g/mol. The zero-order valence-corrected chi connectivity index (χ0v) is 16.6. The van der Waals surface area contributed by atoms with Crippen molar-refractivity contribution >= 4 is 18.0 Å². The molecule has 0 aromatic heterocycles. The van der Waals surface area contributed by atoms with Gasteiger partial charge in [0.25, 0.3) is 5.91 Å². The number of carbonyl (C=O) groups is 2. The molecule has 0 aliphatic heterocycles. The Morgan fingerprint density at radius 2 is 1.83 bits per heavy atom. The predicted octanol–water partition coefficient (Wildman–Crippen LogP) is 3.45. The largest absolute Gasteiger partial charge is 0.497 e. The molecule has 0 fully saturated rings. The highest BCUT2D eigenvalue weighted by molar-refractivity contribution is 5.89.